The maximum absolute atomic E-state index is 8.92. The Labute approximate surface area is 127 Å². The van der Waals surface area contributed by atoms with Crippen LogP contribution in [0.4, 0.5) is 5.82 Å². The van der Waals surface area contributed by atoms with Gasteiger partial charge in [-0.2, -0.15) is 0 Å². The maximum Gasteiger partial charge on any atom is 0.138 e. The molecule has 4 nitrogen and oxygen atoms in total. The predicted octanol–water partition coefficient (Wildman–Crippen LogP) is 3.46. The molecule has 5 heteroatoms. The van der Waals surface area contributed by atoms with Crippen LogP contribution in [0.15, 0.2) is 36.7 Å². The Morgan fingerprint density at radius 3 is 2.76 bits per heavy atom. The van der Waals surface area contributed by atoms with Gasteiger partial charge in [-0.15, -0.1) is 11.3 Å². The van der Waals surface area contributed by atoms with Gasteiger partial charge in [-0.3, -0.25) is 0 Å². The van der Waals surface area contributed by atoms with Gasteiger partial charge in [0, 0.05) is 23.6 Å². The van der Waals surface area contributed by atoms with E-state index in [1.807, 2.05) is 18.2 Å². The normalized spacial score (nSPS) is 11.0. The van der Waals surface area contributed by atoms with Gasteiger partial charge in [-0.25, -0.2) is 9.97 Å². The largest absolute Gasteiger partial charge is 0.396 e. The van der Waals surface area contributed by atoms with Crippen molar-refractivity contribution in [1.29, 1.82) is 0 Å². The predicted molar refractivity (Wildman–Crippen MR) is 87.8 cm³/mol. The number of aryl methyl sites for hydroxylation is 1. The molecular weight excluding hydrogens is 282 g/mol. The lowest BCUT2D eigenvalue weighted by Crippen LogP contribution is -2.05. The Kier molecular flexibility index (Phi) is 4.13. The monoisotopic (exact) mass is 299 g/mol. The van der Waals surface area contributed by atoms with Gasteiger partial charge >= 0.3 is 0 Å². The molecule has 3 rings (SSSR count). The minimum Gasteiger partial charge on any atom is -0.396 e. The Hall–Kier alpha value is -1.98. The average Bonchev–Trinajstić information content (AvgIpc) is 2.85. The molecule has 1 aromatic carbocycles. The molecule has 0 spiro atoms. The van der Waals surface area contributed by atoms with Crippen LogP contribution in [0.25, 0.3) is 21.3 Å². The molecule has 0 bridgehead atoms. The van der Waals surface area contributed by atoms with Crippen molar-refractivity contribution in [2.75, 3.05) is 18.5 Å². The summed E-state index contributed by atoms with van der Waals surface area (Å²) < 4.78 is 0. The van der Waals surface area contributed by atoms with Crippen LogP contribution in [0.5, 0.6) is 0 Å². The summed E-state index contributed by atoms with van der Waals surface area (Å²) in [6.45, 7) is 2.99. The van der Waals surface area contributed by atoms with E-state index in [1.165, 1.54) is 16.0 Å². The lowest BCUT2D eigenvalue weighted by atomic mass is 10.0. The highest BCUT2D eigenvalue weighted by molar-refractivity contribution is 7.19. The van der Waals surface area contributed by atoms with E-state index in [-0.39, 0.29) is 6.61 Å². The molecule has 2 aromatic heterocycles. The number of hydrogen-bond acceptors (Lipinski definition) is 5. The molecule has 21 heavy (non-hydrogen) atoms. The van der Waals surface area contributed by atoms with Crippen LogP contribution in [0, 0.1) is 6.92 Å². The van der Waals surface area contributed by atoms with Crippen LogP contribution in [0.2, 0.25) is 0 Å². The number of aromatic nitrogens is 2. The highest BCUT2D eigenvalue weighted by atomic mass is 32.1. The van der Waals surface area contributed by atoms with Gasteiger partial charge in [0.05, 0.1) is 5.39 Å². The molecule has 0 fully saturated rings. The lowest BCUT2D eigenvalue weighted by molar-refractivity contribution is 0.292. The molecule has 3 aromatic rings. The summed E-state index contributed by atoms with van der Waals surface area (Å²) in [5.74, 6) is 0.844. The Morgan fingerprint density at radius 1 is 1.19 bits per heavy atom. The number of aliphatic hydroxyl groups excluding tert-OH is 1. The van der Waals surface area contributed by atoms with Gasteiger partial charge in [0.15, 0.2) is 0 Å². The minimum atomic E-state index is 0.176. The number of nitrogens with zero attached hydrogens (tertiary/aromatic N) is 2. The zero-order valence-electron chi connectivity index (χ0n) is 11.8. The van der Waals surface area contributed by atoms with E-state index in [4.69, 9.17) is 5.11 Å². The number of aliphatic hydroxyl groups is 1. The molecule has 0 atom stereocenters. The molecule has 2 heterocycles. The van der Waals surface area contributed by atoms with Crippen molar-refractivity contribution >= 4 is 27.4 Å². The number of hydrogen-bond donors (Lipinski definition) is 2. The quantitative estimate of drug-likeness (QED) is 0.708. The molecule has 0 saturated carbocycles. The molecule has 0 aliphatic rings. The topological polar surface area (TPSA) is 58.0 Å². The van der Waals surface area contributed by atoms with E-state index in [1.54, 1.807) is 17.7 Å². The van der Waals surface area contributed by atoms with E-state index in [0.29, 0.717) is 13.0 Å². The second kappa shape index (κ2) is 6.20. The van der Waals surface area contributed by atoms with Gasteiger partial charge < -0.3 is 10.4 Å². The third-order valence-electron chi connectivity index (χ3n) is 3.35. The van der Waals surface area contributed by atoms with Crippen LogP contribution in [-0.4, -0.2) is 28.2 Å². The SMILES string of the molecule is Cc1sc2ncnc(NCCCO)c2c1-c1ccccc1. The van der Waals surface area contributed by atoms with Gasteiger partial charge in [-0.1, -0.05) is 30.3 Å². The van der Waals surface area contributed by atoms with E-state index < -0.39 is 0 Å². The fourth-order valence-electron chi connectivity index (χ4n) is 2.42. The first-order valence-corrected chi connectivity index (χ1v) is 7.77. The molecule has 0 amide bonds. The van der Waals surface area contributed by atoms with E-state index >= 15 is 0 Å². The number of thiophene rings is 1. The van der Waals surface area contributed by atoms with Crippen molar-refractivity contribution in [2.45, 2.75) is 13.3 Å². The third-order valence-corrected chi connectivity index (χ3v) is 4.37. The third kappa shape index (κ3) is 2.75. The first-order chi connectivity index (χ1) is 10.3. The van der Waals surface area contributed by atoms with Crippen molar-refractivity contribution in [2.24, 2.45) is 0 Å². The first-order valence-electron chi connectivity index (χ1n) is 6.95. The van der Waals surface area contributed by atoms with Crippen molar-refractivity contribution in [3.05, 3.63) is 41.5 Å². The fraction of sp³-hybridized carbons (Fsp3) is 0.250. The van der Waals surface area contributed by atoms with E-state index in [9.17, 15) is 0 Å². The average molecular weight is 299 g/mol. The summed E-state index contributed by atoms with van der Waals surface area (Å²) in [7, 11) is 0. The lowest BCUT2D eigenvalue weighted by Gasteiger charge is -2.08. The van der Waals surface area contributed by atoms with Crippen molar-refractivity contribution in [3.8, 4) is 11.1 Å². The van der Waals surface area contributed by atoms with Gasteiger partial charge in [0.2, 0.25) is 0 Å². The van der Waals surface area contributed by atoms with Gasteiger partial charge in [-0.05, 0) is 18.9 Å². The second-order valence-corrected chi connectivity index (χ2v) is 6.01. The number of fused-ring (bicyclic) bond motifs is 1. The minimum absolute atomic E-state index is 0.176. The van der Waals surface area contributed by atoms with Gasteiger partial charge in [0.25, 0.3) is 0 Å². The molecule has 0 radical (unpaired) electrons. The first kappa shape index (κ1) is 14.0. The van der Waals surface area contributed by atoms with Crippen molar-refractivity contribution in [1.82, 2.24) is 9.97 Å². The molecule has 2 N–H and O–H groups in total. The number of nitrogens with one attached hydrogen (secondary N) is 1. The Bertz CT molecular complexity index is 740. The molecule has 0 unspecified atom stereocenters. The maximum atomic E-state index is 8.92. The van der Waals surface area contributed by atoms with E-state index in [2.05, 4.69) is 34.3 Å². The highest BCUT2D eigenvalue weighted by Gasteiger charge is 2.16. The smallest absolute Gasteiger partial charge is 0.138 e. The van der Waals surface area contributed by atoms with Crippen LogP contribution in [-0.2, 0) is 0 Å². The molecule has 0 aliphatic carbocycles. The summed E-state index contributed by atoms with van der Waals surface area (Å²) in [6, 6.07) is 10.3. The van der Waals surface area contributed by atoms with Crippen LogP contribution in [0.1, 0.15) is 11.3 Å². The van der Waals surface area contributed by atoms with Gasteiger partial charge in [0.1, 0.15) is 17.0 Å². The van der Waals surface area contributed by atoms with Crippen molar-refractivity contribution in [3.63, 3.8) is 0 Å². The summed E-state index contributed by atoms with van der Waals surface area (Å²) >= 11 is 1.69. The fourth-order valence-corrected chi connectivity index (χ4v) is 3.43. The number of rotatable bonds is 5. The summed E-state index contributed by atoms with van der Waals surface area (Å²) in [5, 5.41) is 13.3. The number of benzene rings is 1. The zero-order chi connectivity index (χ0) is 14.7. The molecule has 0 saturated heterocycles. The molecular formula is C16H17N3OS. The highest BCUT2D eigenvalue weighted by Crippen LogP contribution is 2.40. The number of anilines is 1. The molecule has 108 valence electrons. The van der Waals surface area contributed by atoms with Crippen LogP contribution in [0.3, 0.4) is 0 Å². The van der Waals surface area contributed by atoms with Crippen LogP contribution < -0.4 is 5.32 Å². The van der Waals surface area contributed by atoms with Crippen molar-refractivity contribution < 1.29 is 5.11 Å². The second-order valence-electron chi connectivity index (χ2n) is 4.81. The Morgan fingerprint density at radius 2 is 2.00 bits per heavy atom. The zero-order valence-corrected chi connectivity index (χ0v) is 12.7. The molecule has 0 aliphatic heterocycles. The standard InChI is InChI=1S/C16H17N3OS/c1-11-13(12-6-3-2-4-7-12)14-15(17-8-5-9-20)18-10-19-16(14)21-11/h2-4,6-7,10,20H,5,8-9H2,1H3,(H,17,18,19). The summed E-state index contributed by atoms with van der Waals surface area (Å²) in [6.07, 6.45) is 2.30. The van der Waals surface area contributed by atoms with Crippen LogP contribution >= 0.6 is 11.3 Å². The summed E-state index contributed by atoms with van der Waals surface area (Å²) in [5.41, 5.74) is 2.38. The Balaban J connectivity index is 2.13. The summed E-state index contributed by atoms with van der Waals surface area (Å²) in [4.78, 5) is 11.0. The van der Waals surface area contributed by atoms with E-state index in [0.717, 1.165) is 16.0 Å².